The van der Waals surface area contributed by atoms with E-state index < -0.39 is 0 Å². The summed E-state index contributed by atoms with van der Waals surface area (Å²) >= 11 is 0. The van der Waals surface area contributed by atoms with Gasteiger partial charge in [0.2, 0.25) is 11.7 Å². The summed E-state index contributed by atoms with van der Waals surface area (Å²) in [6, 6.07) is 8.32. The Morgan fingerprint density at radius 1 is 1.10 bits per heavy atom. The maximum absolute atomic E-state index is 5.83. The van der Waals surface area contributed by atoms with Crippen molar-refractivity contribution in [1.29, 1.82) is 0 Å². The summed E-state index contributed by atoms with van der Waals surface area (Å²) in [4.78, 5) is 4.52. The first-order chi connectivity index (χ1) is 10.0. The van der Waals surface area contributed by atoms with Gasteiger partial charge in [-0.3, -0.25) is 0 Å². The lowest BCUT2D eigenvalue weighted by molar-refractivity contribution is 0.335. The van der Waals surface area contributed by atoms with Crippen LogP contribution in [0.4, 0.5) is 0 Å². The minimum absolute atomic E-state index is 0.140. The predicted octanol–water partition coefficient (Wildman–Crippen LogP) is 3.95. The van der Waals surface area contributed by atoms with Crippen LogP contribution in [-0.4, -0.2) is 16.7 Å². The van der Waals surface area contributed by atoms with Crippen molar-refractivity contribution < 1.29 is 4.52 Å². The minimum Gasteiger partial charge on any atom is -0.339 e. The SMILES string of the molecule is CC(C)CC(CN)c1nc(-c2ccc(C(C)C)cc2)no1. The highest BCUT2D eigenvalue weighted by molar-refractivity contribution is 5.54. The molecule has 1 aromatic carbocycles. The number of hydrogen-bond donors (Lipinski definition) is 1. The molecule has 0 amide bonds. The van der Waals surface area contributed by atoms with Gasteiger partial charge >= 0.3 is 0 Å². The zero-order valence-electron chi connectivity index (χ0n) is 13.3. The molecule has 0 saturated heterocycles. The normalized spacial score (nSPS) is 13.1. The van der Waals surface area contributed by atoms with Crippen LogP contribution >= 0.6 is 0 Å². The molecule has 114 valence electrons. The van der Waals surface area contributed by atoms with Crippen molar-refractivity contribution in [2.75, 3.05) is 6.54 Å². The van der Waals surface area contributed by atoms with Crippen molar-refractivity contribution in [2.45, 2.75) is 46.0 Å². The Balaban J connectivity index is 2.18. The molecule has 0 radical (unpaired) electrons. The number of benzene rings is 1. The third kappa shape index (κ3) is 3.91. The van der Waals surface area contributed by atoms with E-state index in [0.29, 0.717) is 30.1 Å². The van der Waals surface area contributed by atoms with Crippen LogP contribution in [0.1, 0.15) is 57.4 Å². The highest BCUT2D eigenvalue weighted by Crippen LogP contribution is 2.25. The Hall–Kier alpha value is -1.68. The molecule has 0 spiro atoms. The second kappa shape index (κ2) is 6.85. The topological polar surface area (TPSA) is 64.9 Å². The monoisotopic (exact) mass is 287 g/mol. The van der Waals surface area contributed by atoms with Crippen molar-refractivity contribution in [3.63, 3.8) is 0 Å². The predicted molar refractivity (Wildman–Crippen MR) is 85.1 cm³/mol. The summed E-state index contributed by atoms with van der Waals surface area (Å²) in [6.07, 6.45) is 0.963. The van der Waals surface area contributed by atoms with Crippen molar-refractivity contribution in [2.24, 2.45) is 11.7 Å². The van der Waals surface area contributed by atoms with Gasteiger partial charge in [-0.1, -0.05) is 57.1 Å². The van der Waals surface area contributed by atoms with Gasteiger partial charge in [-0.2, -0.15) is 4.98 Å². The van der Waals surface area contributed by atoms with E-state index in [1.54, 1.807) is 0 Å². The third-order valence-corrected chi connectivity index (χ3v) is 3.67. The Labute approximate surface area is 126 Å². The highest BCUT2D eigenvalue weighted by atomic mass is 16.5. The molecule has 1 unspecified atom stereocenters. The summed E-state index contributed by atoms with van der Waals surface area (Å²) in [5, 5.41) is 4.10. The zero-order chi connectivity index (χ0) is 15.4. The van der Waals surface area contributed by atoms with Crippen LogP contribution in [-0.2, 0) is 0 Å². The average Bonchev–Trinajstić information content (AvgIpc) is 2.94. The van der Waals surface area contributed by atoms with Gasteiger partial charge in [0.05, 0.1) is 5.92 Å². The van der Waals surface area contributed by atoms with E-state index in [2.05, 4.69) is 50.0 Å². The van der Waals surface area contributed by atoms with Crippen LogP contribution in [0.15, 0.2) is 28.8 Å². The van der Waals surface area contributed by atoms with Crippen molar-refractivity contribution in [3.05, 3.63) is 35.7 Å². The van der Waals surface area contributed by atoms with Gasteiger partial charge in [-0.15, -0.1) is 0 Å². The molecule has 1 aromatic heterocycles. The van der Waals surface area contributed by atoms with Crippen molar-refractivity contribution >= 4 is 0 Å². The van der Waals surface area contributed by atoms with E-state index in [9.17, 15) is 0 Å². The molecule has 4 heteroatoms. The lowest BCUT2D eigenvalue weighted by atomic mass is 9.97. The summed E-state index contributed by atoms with van der Waals surface area (Å²) in [5.41, 5.74) is 8.12. The molecular weight excluding hydrogens is 262 g/mol. The fraction of sp³-hybridized carbons (Fsp3) is 0.529. The van der Waals surface area contributed by atoms with Gasteiger partial charge in [0.25, 0.3) is 0 Å². The van der Waals surface area contributed by atoms with Gasteiger partial charge < -0.3 is 10.3 Å². The summed E-state index contributed by atoms with van der Waals surface area (Å²) < 4.78 is 5.41. The fourth-order valence-electron chi connectivity index (χ4n) is 2.40. The van der Waals surface area contributed by atoms with E-state index in [0.717, 1.165) is 12.0 Å². The molecule has 1 heterocycles. The van der Waals surface area contributed by atoms with E-state index in [4.69, 9.17) is 10.3 Å². The van der Waals surface area contributed by atoms with Gasteiger partial charge in [0.15, 0.2) is 0 Å². The van der Waals surface area contributed by atoms with E-state index in [1.165, 1.54) is 5.56 Å². The lowest BCUT2D eigenvalue weighted by Crippen LogP contribution is -2.15. The Morgan fingerprint density at radius 3 is 2.29 bits per heavy atom. The van der Waals surface area contributed by atoms with E-state index >= 15 is 0 Å². The standard InChI is InChI=1S/C17H25N3O/c1-11(2)9-15(10-18)17-19-16(20-21-17)14-7-5-13(6-8-14)12(3)4/h5-8,11-12,15H,9-10,18H2,1-4H3. The Bertz CT molecular complexity index is 558. The maximum Gasteiger partial charge on any atom is 0.231 e. The van der Waals surface area contributed by atoms with E-state index in [1.807, 2.05) is 12.1 Å². The van der Waals surface area contributed by atoms with Crippen LogP contribution < -0.4 is 5.73 Å². The van der Waals surface area contributed by atoms with Gasteiger partial charge in [-0.05, 0) is 23.8 Å². The van der Waals surface area contributed by atoms with Crippen molar-refractivity contribution in [3.8, 4) is 11.4 Å². The molecule has 4 nitrogen and oxygen atoms in total. The fourth-order valence-corrected chi connectivity index (χ4v) is 2.40. The van der Waals surface area contributed by atoms with Crippen molar-refractivity contribution in [1.82, 2.24) is 10.1 Å². The van der Waals surface area contributed by atoms with Gasteiger partial charge in [0.1, 0.15) is 0 Å². The molecule has 2 N–H and O–H groups in total. The molecule has 1 atom stereocenters. The molecule has 21 heavy (non-hydrogen) atoms. The summed E-state index contributed by atoms with van der Waals surface area (Å²) in [7, 11) is 0. The smallest absolute Gasteiger partial charge is 0.231 e. The van der Waals surface area contributed by atoms with Crippen LogP contribution in [0.25, 0.3) is 11.4 Å². The molecule has 2 rings (SSSR count). The van der Waals surface area contributed by atoms with E-state index in [-0.39, 0.29) is 5.92 Å². The maximum atomic E-state index is 5.83. The number of rotatable bonds is 6. The van der Waals surface area contributed by atoms with Crippen LogP contribution in [0, 0.1) is 5.92 Å². The zero-order valence-corrected chi connectivity index (χ0v) is 13.3. The molecular formula is C17H25N3O. The van der Waals surface area contributed by atoms with Crippen LogP contribution in [0.3, 0.4) is 0 Å². The van der Waals surface area contributed by atoms with Crippen LogP contribution in [0.2, 0.25) is 0 Å². The molecule has 0 aliphatic carbocycles. The summed E-state index contributed by atoms with van der Waals surface area (Å²) in [5.74, 6) is 2.50. The summed E-state index contributed by atoms with van der Waals surface area (Å²) in [6.45, 7) is 9.24. The first-order valence-electron chi connectivity index (χ1n) is 7.65. The average molecular weight is 287 g/mol. The second-order valence-corrected chi connectivity index (χ2v) is 6.30. The number of hydrogen-bond acceptors (Lipinski definition) is 4. The Kier molecular flexibility index (Phi) is 5.12. The lowest BCUT2D eigenvalue weighted by Gasteiger charge is -2.11. The van der Waals surface area contributed by atoms with Gasteiger partial charge in [-0.25, -0.2) is 0 Å². The largest absolute Gasteiger partial charge is 0.339 e. The van der Waals surface area contributed by atoms with Crippen LogP contribution in [0.5, 0.6) is 0 Å². The quantitative estimate of drug-likeness (QED) is 0.873. The number of nitrogens with zero attached hydrogens (tertiary/aromatic N) is 2. The highest BCUT2D eigenvalue weighted by Gasteiger charge is 2.19. The molecule has 0 fully saturated rings. The molecule has 0 saturated carbocycles. The van der Waals surface area contributed by atoms with Gasteiger partial charge in [0, 0.05) is 12.1 Å². The second-order valence-electron chi connectivity index (χ2n) is 6.30. The number of aromatic nitrogens is 2. The third-order valence-electron chi connectivity index (χ3n) is 3.67. The minimum atomic E-state index is 0.140. The first-order valence-corrected chi connectivity index (χ1v) is 7.65. The Morgan fingerprint density at radius 2 is 1.76 bits per heavy atom. The number of nitrogens with two attached hydrogens (primary N) is 1. The molecule has 0 bridgehead atoms. The molecule has 2 aromatic rings. The molecule has 0 aliphatic rings. The molecule has 0 aliphatic heterocycles. The first kappa shape index (κ1) is 15.7.